The van der Waals surface area contributed by atoms with Crippen molar-refractivity contribution in [1.29, 1.82) is 0 Å². The number of sulfonamides is 1. The summed E-state index contributed by atoms with van der Waals surface area (Å²) in [5, 5.41) is 0.204. The van der Waals surface area contributed by atoms with Crippen molar-refractivity contribution in [3.05, 3.63) is 23.2 Å². The van der Waals surface area contributed by atoms with E-state index in [4.69, 9.17) is 22.1 Å². The van der Waals surface area contributed by atoms with E-state index in [1.165, 1.54) is 57.1 Å². The van der Waals surface area contributed by atoms with E-state index in [0.717, 1.165) is 25.7 Å². The van der Waals surface area contributed by atoms with Gasteiger partial charge >= 0.3 is 0 Å². The average molecular weight is 488 g/mol. The lowest BCUT2D eigenvalue weighted by Gasteiger charge is -2.17. The van der Waals surface area contributed by atoms with E-state index < -0.39 is 22.0 Å². The molecule has 183 valence electrons. The van der Waals surface area contributed by atoms with Crippen LogP contribution in [0.1, 0.15) is 97.3 Å². The molecule has 0 saturated heterocycles. The van der Waals surface area contributed by atoms with Crippen LogP contribution in [0.5, 0.6) is 5.75 Å². The van der Waals surface area contributed by atoms with Crippen LogP contribution in [0.25, 0.3) is 0 Å². The van der Waals surface area contributed by atoms with E-state index in [1.54, 1.807) is 6.07 Å². The molecule has 32 heavy (non-hydrogen) atoms. The average Bonchev–Trinajstić information content (AvgIpc) is 2.73. The molecule has 0 spiro atoms. The summed E-state index contributed by atoms with van der Waals surface area (Å²) in [7, 11) is -3.42. The molecule has 0 aliphatic rings. The van der Waals surface area contributed by atoms with Gasteiger partial charge in [0.25, 0.3) is 5.91 Å². The van der Waals surface area contributed by atoms with Crippen LogP contribution in [-0.4, -0.2) is 26.2 Å². The highest BCUT2D eigenvalue weighted by Crippen LogP contribution is 2.30. The first kappa shape index (κ1) is 28.6. The lowest BCUT2D eigenvalue weighted by Crippen LogP contribution is -2.28. The minimum atomic E-state index is -3.42. The van der Waals surface area contributed by atoms with Crippen LogP contribution in [-0.2, 0) is 14.8 Å². The van der Waals surface area contributed by atoms with Crippen LogP contribution in [0.3, 0.4) is 0 Å². The molecule has 0 aromatic heterocycles. The minimum absolute atomic E-state index is 0.0493. The maximum atomic E-state index is 12.0. The Morgan fingerprint density at radius 3 is 2.06 bits per heavy atom. The van der Waals surface area contributed by atoms with E-state index in [1.807, 2.05) is 6.92 Å². The molecule has 0 heterocycles. The number of unbranched alkanes of at least 4 members (excludes halogenated alkanes) is 10. The summed E-state index contributed by atoms with van der Waals surface area (Å²) >= 11 is 6.24. The zero-order valence-electron chi connectivity index (χ0n) is 19.6. The molecule has 6 nitrogen and oxygen atoms in total. The number of rotatable bonds is 19. The Hall–Kier alpha value is -1.47. The van der Waals surface area contributed by atoms with Crippen molar-refractivity contribution in [2.45, 2.75) is 103 Å². The highest BCUT2D eigenvalue weighted by atomic mass is 35.5. The van der Waals surface area contributed by atoms with Crippen molar-refractivity contribution in [2.75, 3.05) is 10.5 Å². The molecule has 1 radical (unpaired) electrons. The number of hydrogen-bond donors (Lipinski definition) is 1. The van der Waals surface area contributed by atoms with Crippen molar-refractivity contribution in [1.82, 2.24) is 5.73 Å². The van der Waals surface area contributed by atoms with Gasteiger partial charge in [0.15, 0.2) is 6.10 Å². The Bertz CT molecular complexity index is 771. The predicted octanol–water partition coefficient (Wildman–Crippen LogP) is 6.75. The Balaban J connectivity index is 2.44. The predicted molar refractivity (Wildman–Crippen MR) is 133 cm³/mol. The molecule has 1 aromatic rings. The maximum absolute atomic E-state index is 12.0. The van der Waals surface area contributed by atoms with Crippen LogP contribution in [0, 0.1) is 0 Å². The van der Waals surface area contributed by atoms with E-state index >= 15 is 0 Å². The Morgan fingerprint density at radius 1 is 0.969 bits per heavy atom. The number of nitrogens with one attached hydrogen (secondary N) is 2. The highest BCUT2D eigenvalue weighted by Gasteiger charge is 2.19. The molecule has 1 unspecified atom stereocenters. The van der Waals surface area contributed by atoms with Crippen LogP contribution >= 0.6 is 11.6 Å². The summed E-state index contributed by atoms with van der Waals surface area (Å²) in [6.07, 6.45) is 12.9. The second-order valence-corrected chi connectivity index (χ2v) is 10.6. The normalized spacial score (nSPS) is 12.5. The van der Waals surface area contributed by atoms with Crippen molar-refractivity contribution < 1.29 is 17.9 Å². The topological polar surface area (TPSA) is 96.3 Å². The summed E-state index contributed by atoms with van der Waals surface area (Å²) < 4.78 is 32.3. The molecule has 1 amide bonds. The van der Waals surface area contributed by atoms with Gasteiger partial charge < -0.3 is 4.74 Å². The Kier molecular flexibility index (Phi) is 14.5. The quantitative estimate of drug-likeness (QED) is 0.218. The number of ether oxygens (including phenoxy) is 1. The Morgan fingerprint density at radius 2 is 1.53 bits per heavy atom. The number of halogens is 1. The SMILES string of the molecule is CCCCCCCCCCCCC(Oc1ccc(NS(=O)(=O)CCCC)cc1Cl)C([NH])=O. The molecule has 2 N–H and O–H groups in total. The number of carbonyl (C=O) groups excluding carboxylic acids is 1. The summed E-state index contributed by atoms with van der Waals surface area (Å²) in [6.45, 7) is 4.15. The van der Waals surface area contributed by atoms with E-state index in [-0.39, 0.29) is 16.5 Å². The standard InChI is InChI=1S/C24H40ClN2O4S/c1-3-5-7-8-9-10-11-12-13-14-15-23(24(26)28)31-22-17-16-20(19-21(22)25)27-32(29,30)18-6-4-2/h16-17,19,23,26-27H,3-15,18H2,1-2H3. The van der Waals surface area contributed by atoms with E-state index in [2.05, 4.69) is 11.6 Å². The van der Waals surface area contributed by atoms with Gasteiger partial charge in [0.05, 0.1) is 16.5 Å². The molecule has 0 aliphatic carbocycles. The van der Waals surface area contributed by atoms with Crippen molar-refractivity contribution in [2.24, 2.45) is 0 Å². The fraction of sp³-hybridized carbons (Fsp3) is 0.708. The number of carbonyl (C=O) groups is 1. The van der Waals surface area contributed by atoms with Gasteiger partial charge in [-0.25, -0.2) is 8.42 Å². The largest absolute Gasteiger partial charge is 0.479 e. The van der Waals surface area contributed by atoms with Crippen LogP contribution in [0.2, 0.25) is 5.02 Å². The van der Waals surface area contributed by atoms with Gasteiger partial charge in [0.1, 0.15) is 5.75 Å². The highest BCUT2D eigenvalue weighted by molar-refractivity contribution is 7.92. The van der Waals surface area contributed by atoms with Gasteiger partial charge in [-0.3, -0.25) is 15.3 Å². The smallest absolute Gasteiger partial charge is 0.279 e. The van der Waals surface area contributed by atoms with Gasteiger partial charge in [-0.1, -0.05) is 89.7 Å². The second-order valence-electron chi connectivity index (χ2n) is 8.36. The lowest BCUT2D eigenvalue weighted by molar-refractivity contribution is -0.125. The van der Waals surface area contributed by atoms with Crippen molar-refractivity contribution in [3.8, 4) is 5.75 Å². The molecular weight excluding hydrogens is 448 g/mol. The first-order valence-corrected chi connectivity index (χ1v) is 14.0. The van der Waals surface area contributed by atoms with Gasteiger partial charge in [-0.15, -0.1) is 0 Å². The third-order valence-electron chi connectivity index (χ3n) is 5.35. The number of benzene rings is 1. The van der Waals surface area contributed by atoms with Crippen molar-refractivity contribution >= 4 is 33.2 Å². The van der Waals surface area contributed by atoms with Gasteiger partial charge in [-0.05, 0) is 37.5 Å². The fourth-order valence-corrected chi connectivity index (χ4v) is 4.92. The maximum Gasteiger partial charge on any atom is 0.279 e. The monoisotopic (exact) mass is 487 g/mol. The Labute approximate surface area is 199 Å². The molecule has 1 aromatic carbocycles. The number of amides is 1. The molecule has 0 fully saturated rings. The van der Waals surface area contributed by atoms with E-state index in [0.29, 0.717) is 18.5 Å². The lowest BCUT2D eigenvalue weighted by atomic mass is 10.0. The second kappa shape index (κ2) is 16.2. The molecule has 0 bridgehead atoms. The third kappa shape index (κ3) is 12.5. The summed E-state index contributed by atoms with van der Waals surface area (Å²) in [5.41, 5.74) is 7.86. The first-order chi connectivity index (χ1) is 15.3. The third-order valence-corrected chi connectivity index (χ3v) is 7.02. The summed E-state index contributed by atoms with van der Waals surface area (Å²) in [4.78, 5) is 11.7. The zero-order valence-corrected chi connectivity index (χ0v) is 21.2. The summed E-state index contributed by atoms with van der Waals surface area (Å²) in [5.74, 6) is -0.449. The molecule has 1 rings (SSSR count). The van der Waals surface area contributed by atoms with Gasteiger partial charge in [-0.2, -0.15) is 0 Å². The van der Waals surface area contributed by atoms with Crippen LogP contribution < -0.4 is 15.2 Å². The zero-order chi connectivity index (χ0) is 23.8. The van der Waals surface area contributed by atoms with E-state index in [9.17, 15) is 13.2 Å². The minimum Gasteiger partial charge on any atom is -0.479 e. The van der Waals surface area contributed by atoms with Crippen LogP contribution in [0.15, 0.2) is 18.2 Å². The van der Waals surface area contributed by atoms with Gasteiger partial charge in [0, 0.05) is 0 Å². The summed E-state index contributed by atoms with van der Waals surface area (Å²) in [6, 6.07) is 4.55. The van der Waals surface area contributed by atoms with Crippen molar-refractivity contribution in [3.63, 3.8) is 0 Å². The molecular formula is C24H40ClN2O4S. The fourth-order valence-electron chi connectivity index (χ4n) is 3.44. The van der Waals surface area contributed by atoms with Crippen LogP contribution in [0.4, 0.5) is 5.69 Å². The molecule has 1 atom stereocenters. The van der Waals surface area contributed by atoms with Gasteiger partial charge in [0.2, 0.25) is 10.0 Å². The molecule has 0 aliphatic heterocycles. The number of anilines is 1. The molecule has 8 heteroatoms. The first-order valence-electron chi connectivity index (χ1n) is 12.0. The number of hydrogen-bond acceptors (Lipinski definition) is 4. The molecule has 0 saturated carbocycles.